The molecule has 2 aliphatic rings. The second-order valence-electron chi connectivity index (χ2n) is 7.63. The highest BCUT2D eigenvalue weighted by Crippen LogP contribution is 2.65. The summed E-state index contributed by atoms with van der Waals surface area (Å²) in [6, 6.07) is 4.67. The van der Waals surface area contributed by atoms with Gasteiger partial charge in [-0.25, -0.2) is 0 Å². The number of fused-ring (bicyclic) bond motifs is 2. The van der Waals surface area contributed by atoms with Crippen LogP contribution in [0.15, 0.2) is 28.7 Å². The summed E-state index contributed by atoms with van der Waals surface area (Å²) in [5.41, 5.74) is 1.75. The first-order chi connectivity index (χ1) is 10.5. The van der Waals surface area contributed by atoms with Crippen molar-refractivity contribution in [3.05, 3.63) is 34.9 Å². The van der Waals surface area contributed by atoms with E-state index in [1.165, 1.54) is 12.1 Å². The summed E-state index contributed by atoms with van der Waals surface area (Å²) in [7, 11) is -4.25. The second kappa shape index (κ2) is 4.77. The number of Topliss-reactive ketones (excluding diaryl/α,β-unsaturated/α-hetero) is 1. The molecular weight excluding hydrogens is 312 g/mol. The summed E-state index contributed by atoms with van der Waals surface area (Å²) in [5.74, 6) is 0.378. The molecule has 2 aliphatic carbocycles. The Morgan fingerprint density at radius 3 is 2.39 bits per heavy atom. The molecule has 23 heavy (non-hydrogen) atoms. The molecule has 0 amide bonds. The van der Waals surface area contributed by atoms with Gasteiger partial charge in [-0.2, -0.15) is 8.42 Å². The summed E-state index contributed by atoms with van der Waals surface area (Å²) in [4.78, 5) is 12.7. The van der Waals surface area contributed by atoms with Crippen LogP contribution in [0.5, 0.6) is 0 Å². The molecule has 0 heterocycles. The zero-order chi connectivity index (χ0) is 17.2. The van der Waals surface area contributed by atoms with Crippen molar-refractivity contribution in [2.75, 3.05) is 0 Å². The lowest BCUT2D eigenvalue weighted by atomic mass is 9.70. The highest BCUT2D eigenvalue weighted by atomic mass is 32.2. The van der Waals surface area contributed by atoms with E-state index in [9.17, 15) is 17.8 Å². The normalized spacial score (nSPS) is 31.1. The van der Waals surface area contributed by atoms with Gasteiger partial charge in [-0.1, -0.05) is 26.8 Å². The average Bonchev–Trinajstić information content (AvgIpc) is 2.71. The number of rotatable bonds is 2. The van der Waals surface area contributed by atoms with Crippen molar-refractivity contribution in [3.63, 3.8) is 0 Å². The Bertz CT molecular complexity index is 833. The summed E-state index contributed by atoms with van der Waals surface area (Å²) in [5, 5.41) is 0. The van der Waals surface area contributed by atoms with E-state index in [1.807, 2.05) is 13.0 Å². The predicted molar refractivity (Wildman–Crippen MR) is 88.6 cm³/mol. The van der Waals surface area contributed by atoms with Crippen LogP contribution in [0.25, 0.3) is 6.08 Å². The summed E-state index contributed by atoms with van der Waals surface area (Å²) < 4.78 is 32.0. The number of hydrogen-bond donors (Lipinski definition) is 1. The lowest BCUT2D eigenvalue weighted by Crippen LogP contribution is -2.32. The summed E-state index contributed by atoms with van der Waals surface area (Å²) in [6.07, 6.45) is 3.70. The fraction of sp³-hybridized carbons (Fsp3) is 0.500. The molecule has 3 rings (SSSR count). The summed E-state index contributed by atoms with van der Waals surface area (Å²) >= 11 is 0. The third kappa shape index (κ3) is 2.29. The first-order valence-corrected chi connectivity index (χ1v) is 9.26. The van der Waals surface area contributed by atoms with Crippen molar-refractivity contribution in [3.8, 4) is 0 Å². The van der Waals surface area contributed by atoms with Crippen molar-refractivity contribution in [1.29, 1.82) is 0 Å². The summed E-state index contributed by atoms with van der Waals surface area (Å²) in [6.45, 7) is 8.09. The molecule has 0 aliphatic heterocycles. The maximum Gasteiger partial charge on any atom is 0.294 e. The molecule has 0 aromatic heterocycles. The Kier molecular flexibility index (Phi) is 3.40. The van der Waals surface area contributed by atoms with Crippen LogP contribution in [-0.4, -0.2) is 18.8 Å². The molecule has 2 saturated carbocycles. The fourth-order valence-electron chi connectivity index (χ4n) is 4.28. The molecule has 2 fully saturated rings. The van der Waals surface area contributed by atoms with Crippen molar-refractivity contribution >= 4 is 22.0 Å². The van der Waals surface area contributed by atoms with Gasteiger partial charge in [-0.3, -0.25) is 9.35 Å². The molecule has 2 unspecified atom stereocenters. The number of hydrogen-bond acceptors (Lipinski definition) is 3. The smallest absolute Gasteiger partial charge is 0.294 e. The van der Waals surface area contributed by atoms with Gasteiger partial charge in [-0.15, -0.1) is 0 Å². The largest absolute Gasteiger partial charge is 0.294 e. The molecule has 0 radical (unpaired) electrons. The van der Waals surface area contributed by atoms with E-state index in [-0.39, 0.29) is 27.4 Å². The first-order valence-electron chi connectivity index (χ1n) is 7.82. The second-order valence-corrected chi connectivity index (χ2v) is 9.05. The zero-order valence-corrected chi connectivity index (χ0v) is 14.7. The third-order valence-electron chi connectivity index (χ3n) is 6.06. The molecule has 124 valence electrons. The predicted octanol–water partition coefficient (Wildman–Crippen LogP) is 3.65. The maximum absolute atomic E-state index is 12.8. The number of carbonyl (C=O) groups excluding carboxylic acids is 1. The van der Waals surface area contributed by atoms with Crippen LogP contribution in [0.2, 0.25) is 0 Å². The van der Waals surface area contributed by atoms with Crippen molar-refractivity contribution in [2.45, 2.75) is 45.4 Å². The molecule has 0 saturated heterocycles. The topological polar surface area (TPSA) is 71.4 Å². The van der Waals surface area contributed by atoms with Crippen molar-refractivity contribution < 1.29 is 17.8 Å². The van der Waals surface area contributed by atoms with Crippen LogP contribution in [0.1, 0.15) is 44.7 Å². The molecule has 1 aromatic rings. The van der Waals surface area contributed by atoms with E-state index in [0.29, 0.717) is 5.56 Å². The standard InChI is InChI=1S/C18H22O4S/c1-11-7-12(9-13(8-11)23(20,21)22)10-14-15-5-6-18(4,16(14)19)17(15,2)3/h7-10,15H,5-6H2,1-4H3,(H,20,21,22). The Morgan fingerprint density at radius 1 is 1.22 bits per heavy atom. The fourth-order valence-corrected chi connectivity index (χ4v) is 4.90. The Morgan fingerprint density at radius 2 is 1.87 bits per heavy atom. The van der Waals surface area contributed by atoms with E-state index < -0.39 is 10.1 Å². The SMILES string of the molecule is Cc1cc(C=C2C(=O)C3(C)CCC2C3(C)C)cc(S(=O)(=O)O)c1. The van der Waals surface area contributed by atoms with Crippen LogP contribution < -0.4 is 0 Å². The number of aryl methyl sites for hydroxylation is 1. The third-order valence-corrected chi connectivity index (χ3v) is 6.89. The molecule has 1 aromatic carbocycles. The highest BCUT2D eigenvalue weighted by molar-refractivity contribution is 7.85. The molecule has 1 N–H and O–H groups in total. The van der Waals surface area contributed by atoms with Gasteiger partial charge in [0.1, 0.15) is 0 Å². The van der Waals surface area contributed by atoms with Crippen LogP contribution >= 0.6 is 0 Å². The number of carbonyl (C=O) groups is 1. The van der Waals surface area contributed by atoms with Gasteiger partial charge in [0, 0.05) is 5.41 Å². The minimum absolute atomic E-state index is 0.0778. The zero-order valence-electron chi connectivity index (χ0n) is 13.9. The molecule has 4 nitrogen and oxygen atoms in total. The molecule has 5 heteroatoms. The van der Waals surface area contributed by atoms with Gasteiger partial charge in [0.15, 0.2) is 5.78 Å². The van der Waals surface area contributed by atoms with Crippen LogP contribution in [0.4, 0.5) is 0 Å². The molecule has 2 atom stereocenters. The van der Waals surface area contributed by atoms with Crippen LogP contribution in [0, 0.1) is 23.7 Å². The quantitative estimate of drug-likeness (QED) is 0.662. The van der Waals surface area contributed by atoms with Crippen molar-refractivity contribution in [2.24, 2.45) is 16.7 Å². The van der Waals surface area contributed by atoms with E-state index in [4.69, 9.17) is 0 Å². The van der Waals surface area contributed by atoms with Gasteiger partial charge in [0.25, 0.3) is 10.1 Å². The van der Waals surface area contributed by atoms with E-state index in [1.54, 1.807) is 13.0 Å². The van der Waals surface area contributed by atoms with Gasteiger partial charge in [-0.05, 0) is 66.0 Å². The maximum atomic E-state index is 12.8. The lowest BCUT2D eigenvalue weighted by molar-refractivity contribution is -0.125. The van der Waals surface area contributed by atoms with Gasteiger partial charge in [0.2, 0.25) is 0 Å². The lowest BCUT2D eigenvalue weighted by Gasteiger charge is -2.31. The molecular formula is C18H22O4S. The Labute approximate surface area is 137 Å². The van der Waals surface area contributed by atoms with Gasteiger partial charge >= 0.3 is 0 Å². The first kappa shape index (κ1) is 16.4. The van der Waals surface area contributed by atoms with E-state index in [0.717, 1.165) is 24.0 Å². The number of benzene rings is 1. The number of allylic oxidation sites excluding steroid dienone is 1. The van der Waals surface area contributed by atoms with E-state index in [2.05, 4.69) is 13.8 Å². The number of ketones is 1. The monoisotopic (exact) mass is 334 g/mol. The molecule has 0 spiro atoms. The molecule has 2 bridgehead atoms. The van der Waals surface area contributed by atoms with E-state index >= 15 is 0 Å². The Hall–Kier alpha value is -1.46. The highest BCUT2D eigenvalue weighted by Gasteiger charge is 2.63. The van der Waals surface area contributed by atoms with Gasteiger partial charge < -0.3 is 0 Å². The van der Waals surface area contributed by atoms with Crippen LogP contribution in [0.3, 0.4) is 0 Å². The minimum atomic E-state index is -4.25. The minimum Gasteiger partial charge on any atom is -0.294 e. The van der Waals surface area contributed by atoms with Gasteiger partial charge in [0.05, 0.1) is 4.90 Å². The Balaban J connectivity index is 2.11. The van der Waals surface area contributed by atoms with Crippen molar-refractivity contribution in [1.82, 2.24) is 0 Å². The average molecular weight is 334 g/mol. The van der Waals surface area contributed by atoms with Crippen LogP contribution in [-0.2, 0) is 14.9 Å².